The smallest absolute Gasteiger partial charge is 0.379 e. The molecule has 84 valence electrons. The van der Waals surface area contributed by atoms with Gasteiger partial charge in [-0.1, -0.05) is 13.8 Å². The molecule has 0 aliphatic heterocycles. The summed E-state index contributed by atoms with van der Waals surface area (Å²) in [4.78, 5) is 14.9. The van der Waals surface area contributed by atoms with E-state index in [1.807, 2.05) is 13.8 Å². The van der Waals surface area contributed by atoms with E-state index in [2.05, 4.69) is 14.9 Å². The van der Waals surface area contributed by atoms with Crippen molar-refractivity contribution >= 4 is 5.97 Å². The molecule has 0 bridgehead atoms. The van der Waals surface area contributed by atoms with Crippen molar-refractivity contribution < 1.29 is 14.1 Å². The number of nitrogens with two attached hydrogens (primary N) is 1. The molecule has 0 saturated heterocycles. The second-order valence-electron chi connectivity index (χ2n) is 3.68. The Morgan fingerprint density at radius 3 is 2.80 bits per heavy atom. The maximum atomic E-state index is 11.0. The minimum absolute atomic E-state index is 0.0910. The van der Waals surface area contributed by atoms with Gasteiger partial charge in [-0.3, -0.25) is 0 Å². The number of rotatable bonds is 4. The molecule has 0 radical (unpaired) electrons. The van der Waals surface area contributed by atoms with E-state index in [-0.39, 0.29) is 17.8 Å². The van der Waals surface area contributed by atoms with Gasteiger partial charge in [0.25, 0.3) is 5.82 Å². The van der Waals surface area contributed by atoms with Gasteiger partial charge in [0.05, 0.1) is 13.2 Å². The molecule has 0 saturated carbocycles. The Kier molecular flexibility index (Phi) is 3.79. The molecule has 0 aromatic carbocycles. The first-order valence-electron chi connectivity index (χ1n) is 4.72. The maximum absolute atomic E-state index is 11.0. The number of aromatic nitrogens is 2. The molecule has 6 heteroatoms. The van der Waals surface area contributed by atoms with Crippen LogP contribution in [-0.4, -0.2) is 23.2 Å². The first kappa shape index (κ1) is 11.6. The van der Waals surface area contributed by atoms with Gasteiger partial charge >= 0.3 is 5.97 Å². The molecular formula is C9H15N3O3. The van der Waals surface area contributed by atoms with E-state index in [0.717, 1.165) is 6.42 Å². The highest BCUT2D eigenvalue weighted by Gasteiger charge is 2.19. The molecule has 1 heterocycles. The van der Waals surface area contributed by atoms with Crippen LogP contribution in [0.2, 0.25) is 0 Å². The van der Waals surface area contributed by atoms with Gasteiger partial charge in [-0.15, -0.1) is 0 Å². The van der Waals surface area contributed by atoms with Gasteiger partial charge in [0.15, 0.2) is 0 Å². The van der Waals surface area contributed by atoms with Crippen LogP contribution < -0.4 is 5.73 Å². The van der Waals surface area contributed by atoms with Gasteiger partial charge in [-0.25, -0.2) is 4.79 Å². The van der Waals surface area contributed by atoms with Crippen LogP contribution in [0.1, 0.15) is 42.8 Å². The van der Waals surface area contributed by atoms with Gasteiger partial charge in [-0.05, 0) is 17.5 Å². The lowest BCUT2D eigenvalue weighted by Crippen LogP contribution is -2.13. The summed E-state index contributed by atoms with van der Waals surface area (Å²) < 4.78 is 9.31. The molecule has 1 rings (SSSR count). The molecule has 0 aliphatic rings. The van der Waals surface area contributed by atoms with Crippen LogP contribution in [0.25, 0.3) is 0 Å². The number of esters is 1. The lowest BCUT2D eigenvalue weighted by atomic mass is 10.0. The predicted molar refractivity (Wildman–Crippen MR) is 52.0 cm³/mol. The molecule has 0 spiro atoms. The zero-order valence-electron chi connectivity index (χ0n) is 9.06. The Labute approximate surface area is 87.8 Å². The molecule has 0 amide bonds. The third-order valence-electron chi connectivity index (χ3n) is 1.85. The van der Waals surface area contributed by atoms with E-state index in [1.54, 1.807) is 0 Å². The van der Waals surface area contributed by atoms with E-state index in [1.165, 1.54) is 7.11 Å². The highest BCUT2D eigenvalue weighted by atomic mass is 16.5. The molecule has 0 aliphatic carbocycles. The fourth-order valence-electron chi connectivity index (χ4n) is 1.17. The normalized spacial score (nSPS) is 12.9. The fraction of sp³-hybridized carbons (Fsp3) is 0.667. The van der Waals surface area contributed by atoms with Crippen molar-refractivity contribution in [2.24, 2.45) is 11.7 Å². The van der Waals surface area contributed by atoms with E-state index in [4.69, 9.17) is 10.3 Å². The number of carbonyl (C=O) groups excluding carboxylic acids is 1. The Balaban J connectivity index is 2.71. The third-order valence-corrected chi connectivity index (χ3v) is 1.85. The van der Waals surface area contributed by atoms with Crippen molar-refractivity contribution in [3.63, 3.8) is 0 Å². The first-order chi connectivity index (χ1) is 7.04. The molecule has 0 fully saturated rings. The summed E-state index contributed by atoms with van der Waals surface area (Å²) in [6.45, 7) is 4.08. The van der Waals surface area contributed by atoms with Crippen molar-refractivity contribution in [1.29, 1.82) is 0 Å². The van der Waals surface area contributed by atoms with Crippen LogP contribution >= 0.6 is 0 Å². The summed E-state index contributed by atoms with van der Waals surface area (Å²) in [7, 11) is 1.26. The van der Waals surface area contributed by atoms with Crippen LogP contribution in [0.4, 0.5) is 0 Å². The Morgan fingerprint density at radius 2 is 2.27 bits per heavy atom. The van der Waals surface area contributed by atoms with Gasteiger partial charge in [0.1, 0.15) is 0 Å². The van der Waals surface area contributed by atoms with E-state index < -0.39 is 5.97 Å². The number of carbonyl (C=O) groups is 1. The van der Waals surface area contributed by atoms with Crippen LogP contribution in [0.5, 0.6) is 0 Å². The van der Waals surface area contributed by atoms with Crippen molar-refractivity contribution in [3.8, 4) is 0 Å². The second-order valence-corrected chi connectivity index (χ2v) is 3.68. The van der Waals surface area contributed by atoms with Gasteiger partial charge in [-0.2, -0.15) is 4.98 Å². The van der Waals surface area contributed by atoms with Crippen LogP contribution in [-0.2, 0) is 4.74 Å². The standard InChI is InChI=1S/C9H15N3O3/c1-5(2)4-6(10)8-11-7(12-15-8)9(13)14-3/h5-6H,4,10H2,1-3H3. The minimum atomic E-state index is -0.623. The number of methoxy groups -OCH3 is 1. The third kappa shape index (κ3) is 3.02. The number of nitrogens with zero attached hydrogens (tertiary/aromatic N) is 2. The summed E-state index contributed by atoms with van der Waals surface area (Å²) >= 11 is 0. The maximum Gasteiger partial charge on any atom is 0.379 e. The van der Waals surface area contributed by atoms with Crippen LogP contribution in [0, 0.1) is 5.92 Å². The van der Waals surface area contributed by atoms with Gasteiger partial charge in [0, 0.05) is 0 Å². The van der Waals surface area contributed by atoms with Crippen LogP contribution in [0.3, 0.4) is 0 Å². The summed E-state index contributed by atoms with van der Waals surface area (Å²) in [5, 5.41) is 3.47. The van der Waals surface area contributed by atoms with E-state index in [0.29, 0.717) is 5.92 Å². The predicted octanol–water partition coefficient (Wildman–Crippen LogP) is 0.902. The van der Waals surface area contributed by atoms with Crippen molar-refractivity contribution in [1.82, 2.24) is 10.1 Å². The molecule has 1 aromatic heterocycles. The Hall–Kier alpha value is -1.43. The highest BCUT2D eigenvalue weighted by Crippen LogP contribution is 2.16. The lowest BCUT2D eigenvalue weighted by molar-refractivity contribution is 0.0583. The van der Waals surface area contributed by atoms with Crippen LogP contribution in [0.15, 0.2) is 4.52 Å². The van der Waals surface area contributed by atoms with Crippen molar-refractivity contribution in [3.05, 3.63) is 11.7 Å². The Bertz CT molecular complexity index is 335. The highest BCUT2D eigenvalue weighted by molar-refractivity contribution is 5.84. The second kappa shape index (κ2) is 4.88. The number of hydrogen-bond acceptors (Lipinski definition) is 6. The molecule has 15 heavy (non-hydrogen) atoms. The molecule has 2 N–H and O–H groups in total. The molecule has 1 aromatic rings. The largest absolute Gasteiger partial charge is 0.463 e. The first-order valence-corrected chi connectivity index (χ1v) is 4.72. The molecule has 1 atom stereocenters. The molecular weight excluding hydrogens is 198 g/mol. The number of ether oxygens (including phenoxy) is 1. The summed E-state index contributed by atoms with van der Waals surface area (Å²) in [5.41, 5.74) is 5.80. The van der Waals surface area contributed by atoms with E-state index >= 15 is 0 Å². The fourth-order valence-corrected chi connectivity index (χ4v) is 1.17. The van der Waals surface area contributed by atoms with Crippen molar-refractivity contribution in [2.75, 3.05) is 7.11 Å². The summed E-state index contributed by atoms with van der Waals surface area (Å²) in [5.74, 6) is -0.0222. The molecule has 6 nitrogen and oxygen atoms in total. The average Bonchev–Trinajstić information content (AvgIpc) is 2.64. The van der Waals surface area contributed by atoms with E-state index in [9.17, 15) is 4.79 Å². The average molecular weight is 213 g/mol. The Morgan fingerprint density at radius 1 is 1.60 bits per heavy atom. The monoisotopic (exact) mass is 213 g/mol. The van der Waals surface area contributed by atoms with Gasteiger partial charge < -0.3 is 15.0 Å². The molecule has 1 unspecified atom stereocenters. The number of hydrogen-bond donors (Lipinski definition) is 1. The SMILES string of the molecule is COC(=O)c1noc(C(N)CC(C)C)n1. The lowest BCUT2D eigenvalue weighted by Gasteiger charge is -2.08. The summed E-state index contributed by atoms with van der Waals surface area (Å²) in [6, 6.07) is -0.337. The van der Waals surface area contributed by atoms with Crippen molar-refractivity contribution in [2.45, 2.75) is 26.3 Å². The topological polar surface area (TPSA) is 91.2 Å². The zero-order chi connectivity index (χ0) is 11.4. The quantitative estimate of drug-likeness (QED) is 0.747. The zero-order valence-corrected chi connectivity index (χ0v) is 9.06. The summed E-state index contributed by atoms with van der Waals surface area (Å²) in [6.07, 6.45) is 0.725. The van der Waals surface area contributed by atoms with Gasteiger partial charge in [0.2, 0.25) is 5.89 Å². The minimum Gasteiger partial charge on any atom is -0.463 e.